The second-order valence-electron chi connectivity index (χ2n) is 2.94. The van der Waals surface area contributed by atoms with Crippen molar-refractivity contribution in [1.29, 1.82) is 0 Å². The summed E-state index contributed by atoms with van der Waals surface area (Å²) in [5.74, 6) is 0. The third kappa shape index (κ3) is 3.45. The Morgan fingerprint density at radius 3 is 2.67 bits per heavy atom. The minimum Gasteiger partial charge on any atom is -0.316 e. The van der Waals surface area contributed by atoms with Gasteiger partial charge in [0, 0.05) is 6.54 Å². The van der Waals surface area contributed by atoms with Gasteiger partial charge in [-0.2, -0.15) is 8.42 Å². The SMILES string of the molecule is CNCC=Cc1ccccc1S(=O)(=O)F. The monoisotopic (exact) mass is 229 g/mol. The van der Waals surface area contributed by atoms with Crippen LogP contribution in [0, 0.1) is 0 Å². The van der Waals surface area contributed by atoms with E-state index in [0.29, 0.717) is 12.1 Å². The van der Waals surface area contributed by atoms with Gasteiger partial charge >= 0.3 is 10.2 Å². The van der Waals surface area contributed by atoms with Gasteiger partial charge in [-0.3, -0.25) is 0 Å². The standard InChI is InChI=1S/C10H12FNO2S/c1-12-8-4-6-9-5-2-3-7-10(9)15(11,13)14/h2-7,12H,8H2,1H3. The van der Waals surface area contributed by atoms with Gasteiger partial charge in [-0.05, 0) is 18.7 Å². The zero-order valence-electron chi connectivity index (χ0n) is 8.27. The molecule has 5 heteroatoms. The van der Waals surface area contributed by atoms with Gasteiger partial charge in [0.05, 0.1) is 0 Å². The van der Waals surface area contributed by atoms with E-state index in [1.165, 1.54) is 12.1 Å². The first-order chi connectivity index (χ1) is 7.05. The Labute approximate surface area is 88.8 Å². The van der Waals surface area contributed by atoms with Crippen molar-refractivity contribution in [1.82, 2.24) is 5.32 Å². The van der Waals surface area contributed by atoms with Crippen LogP contribution in [-0.2, 0) is 10.2 Å². The molecule has 0 spiro atoms. The molecule has 3 nitrogen and oxygen atoms in total. The van der Waals surface area contributed by atoms with Gasteiger partial charge < -0.3 is 5.32 Å². The molecular formula is C10H12FNO2S. The number of halogens is 1. The third-order valence-corrected chi connectivity index (χ3v) is 2.70. The van der Waals surface area contributed by atoms with Crippen molar-refractivity contribution in [3.8, 4) is 0 Å². The molecule has 0 heterocycles. The normalized spacial score (nSPS) is 12.1. The molecule has 1 aromatic rings. The summed E-state index contributed by atoms with van der Waals surface area (Å²) in [4.78, 5) is -0.294. The zero-order chi connectivity index (χ0) is 11.3. The van der Waals surface area contributed by atoms with Gasteiger partial charge in [0.2, 0.25) is 0 Å². The average Bonchev–Trinajstić information content (AvgIpc) is 2.17. The van der Waals surface area contributed by atoms with E-state index in [1.54, 1.807) is 31.3 Å². The van der Waals surface area contributed by atoms with Crippen LogP contribution in [0.3, 0.4) is 0 Å². The molecular weight excluding hydrogens is 217 g/mol. The van der Waals surface area contributed by atoms with Gasteiger partial charge in [-0.15, -0.1) is 3.89 Å². The minimum atomic E-state index is -4.64. The predicted molar refractivity (Wildman–Crippen MR) is 57.7 cm³/mol. The molecule has 0 fully saturated rings. The summed E-state index contributed by atoms with van der Waals surface area (Å²) < 4.78 is 34.4. The molecule has 0 aliphatic carbocycles. The molecule has 1 N–H and O–H groups in total. The summed E-state index contributed by atoms with van der Waals surface area (Å²) in [5, 5.41) is 2.87. The first kappa shape index (κ1) is 11.9. The van der Waals surface area contributed by atoms with Crippen LogP contribution in [0.4, 0.5) is 3.89 Å². The lowest BCUT2D eigenvalue weighted by Gasteiger charge is -2.00. The van der Waals surface area contributed by atoms with Crippen LogP contribution in [0.2, 0.25) is 0 Å². The molecule has 0 unspecified atom stereocenters. The summed E-state index contributed by atoms with van der Waals surface area (Å²) >= 11 is 0. The van der Waals surface area contributed by atoms with Crippen LogP contribution in [-0.4, -0.2) is 22.0 Å². The van der Waals surface area contributed by atoms with Crippen molar-refractivity contribution < 1.29 is 12.3 Å². The van der Waals surface area contributed by atoms with E-state index < -0.39 is 10.2 Å². The number of hydrogen-bond donors (Lipinski definition) is 1. The molecule has 0 amide bonds. The van der Waals surface area contributed by atoms with Crippen molar-refractivity contribution in [2.75, 3.05) is 13.6 Å². The lowest BCUT2D eigenvalue weighted by molar-refractivity contribution is 0.552. The molecule has 0 aromatic heterocycles. The van der Waals surface area contributed by atoms with Crippen LogP contribution in [0.1, 0.15) is 5.56 Å². The average molecular weight is 229 g/mol. The number of rotatable bonds is 4. The van der Waals surface area contributed by atoms with Crippen LogP contribution >= 0.6 is 0 Å². The Hall–Kier alpha value is -1.20. The van der Waals surface area contributed by atoms with E-state index in [-0.39, 0.29) is 4.90 Å². The van der Waals surface area contributed by atoms with Gasteiger partial charge in [0.25, 0.3) is 0 Å². The molecule has 0 radical (unpaired) electrons. The van der Waals surface area contributed by atoms with Gasteiger partial charge in [0.1, 0.15) is 4.90 Å². The van der Waals surface area contributed by atoms with Gasteiger partial charge in [0.15, 0.2) is 0 Å². The molecule has 1 rings (SSSR count). The Morgan fingerprint density at radius 2 is 2.07 bits per heavy atom. The quantitative estimate of drug-likeness (QED) is 0.797. The van der Waals surface area contributed by atoms with E-state index in [2.05, 4.69) is 5.32 Å². The van der Waals surface area contributed by atoms with Crippen LogP contribution in [0.15, 0.2) is 35.2 Å². The van der Waals surface area contributed by atoms with Crippen molar-refractivity contribution in [2.24, 2.45) is 0 Å². The maximum Gasteiger partial charge on any atom is 0.332 e. The van der Waals surface area contributed by atoms with Crippen molar-refractivity contribution in [3.63, 3.8) is 0 Å². The van der Waals surface area contributed by atoms with Gasteiger partial charge in [-0.25, -0.2) is 0 Å². The topological polar surface area (TPSA) is 46.2 Å². The summed E-state index contributed by atoms with van der Waals surface area (Å²) in [6, 6.07) is 5.95. The van der Waals surface area contributed by atoms with E-state index in [4.69, 9.17) is 0 Å². The van der Waals surface area contributed by atoms with Crippen molar-refractivity contribution >= 4 is 16.3 Å². The highest BCUT2D eigenvalue weighted by molar-refractivity contribution is 7.86. The maximum atomic E-state index is 12.8. The summed E-state index contributed by atoms with van der Waals surface area (Å²) in [6.07, 6.45) is 3.30. The number of likely N-dealkylation sites (N-methyl/N-ethyl adjacent to an activating group) is 1. The van der Waals surface area contributed by atoms with Gasteiger partial charge in [-0.1, -0.05) is 30.4 Å². The number of hydrogen-bond acceptors (Lipinski definition) is 3. The Morgan fingerprint density at radius 1 is 1.40 bits per heavy atom. The highest BCUT2D eigenvalue weighted by Gasteiger charge is 2.14. The first-order valence-electron chi connectivity index (χ1n) is 4.40. The Balaban J connectivity index is 3.08. The third-order valence-electron chi connectivity index (χ3n) is 1.80. The van der Waals surface area contributed by atoms with Crippen molar-refractivity contribution in [2.45, 2.75) is 4.90 Å². The van der Waals surface area contributed by atoms with Crippen molar-refractivity contribution in [3.05, 3.63) is 35.9 Å². The molecule has 0 saturated carbocycles. The fourth-order valence-corrected chi connectivity index (χ4v) is 1.80. The van der Waals surface area contributed by atoms with E-state index in [9.17, 15) is 12.3 Å². The molecule has 0 bridgehead atoms. The first-order valence-corrected chi connectivity index (χ1v) is 5.79. The van der Waals surface area contributed by atoms with Crippen LogP contribution in [0.25, 0.3) is 6.08 Å². The molecule has 15 heavy (non-hydrogen) atoms. The summed E-state index contributed by atoms with van der Waals surface area (Å²) in [5.41, 5.74) is 0.357. The Kier molecular flexibility index (Phi) is 3.99. The molecule has 0 aliphatic heterocycles. The summed E-state index contributed by atoms with van der Waals surface area (Å²) in [6.45, 7) is 0.598. The lowest BCUT2D eigenvalue weighted by atomic mass is 10.2. The molecule has 0 aliphatic rings. The fourth-order valence-electron chi connectivity index (χ4n) is 1.14. The van der Waals surface area contributed by atoms with E-state index >= 15 is 0 Å². The Bertz CT molecular complexity index is 454. The smallest absolute Gasteiger partial charge is 0.316 e. The fraction of sp³-hybridized carbons (Fsp3) is 0.200. The second kappa shape index (κ2) is 5.04. The molecule has 0 saturated heterocycles. The largest absolute Gasteiger partial charge is 0.332 e. The summed E-state index contributed by atoms with van der Waals surface area (Å²) in [7, 11) is -2.88. The van der Waals surface area contributed by atoms with E-state index in [1.807, 2.05) is 0 Å². The van der Waals surface area contributed by atoms with Crippen LogP contribution in [0.5, 0.6) is 0 Å². The highest BCUT2D eigenvalue weighted by Crippen LogP contribution is 2.18. The van der Waals surface area contributed by atoms with Crippen LogP contribution < -0.4 is 5.32 Å². The molecule has 82 valence electrons. The minimum absolute atomic E-state index is 0.294. The number of benzene rings is 1. The second-order valence-corrected chi connectivity index (χ2v) is 4.25. The lowest BCUT2D eigenvalue weighted by Crippen LogP contribution is -2.04. The molecule has 0 atom stereocenters. The highest BCUT2D eigenvalue weighted by atomic mass is 32.3. The number of nitrogens with one attached hydrogen (secondary N) is 1. The maximum absolute atomic E-state index is 12.8. The molecule has 1 aromatic carbocycles. The van der Waals surface area contributed by atoms with E-state index in [0.717, 1.165) is 0 Å². The zero-order valence-corrected chi connectivity index (χ0v) is 9.09. The predicted octanol–water partition coefficient (Wildman–Crippen LogP) is 1.58.